The van der Waals surface area contributed by atoms with Gasteiger partial charge in [-0.1, -0.05) is 55.5 Å². The number of amides is 1. The number of ketones is 1. The van der Waals surface area contributed by atoms with Crippen LogP contribution in [0.1, 0.15) is 32.3 Å². The van der Waals surface area contributed by atoms with Crippen LogP contribution in [0.25, 0.3) is 0 Å². The SMILES string of the molecule is C[C@H](NP(=O)(OC[C@H]1O[C@@H](N2C=CC(=O)CC2=O)C[C@@H]1C)Oc1ccccc1)C(=O)OCC(=O)OCc1ccccc1. The Morgan fingerprint density at radius 3 is 2.45 bits per heavy atom. The minimum Gasteiger partial charge on any atom is -0.458 e. The quantitative estimate of drug-likeness (QED) is 0.205. The Morgan fingerprint density at radius 2 is 1.76 bits per heavy atom. The summed E-state index contributed by atoms with van der Waals surface area (Å²) in [6.45, 7) is 2.49. The van der Waals surface area contributed by atoms with E-state index in [1.807, 2.05) is 25.1 Å². The Hall–Kier alpha value is -3.83. The van der Waals surface area contributed by atoms with Crippen molar-refractivity contribution in [1.29, 1.82) is 0 Å². The number of nitrogens with zero attached hydrogens (tertiary/aromatic N) is 1. The molecular formula is C29H33N2O10P. The number of carbonyl (C=O) groups is 4. The summed E-state index contributed by atoms with van der Waals surface area (Å²) in [5, 5.41) is 2.56. The Labute approximate surface area is 243 Å². The highest BCUT2D eigenvalue weighted by molar-refractivity contribution is 7.52. The normalized spacial score (nSPS) is 22.3. The molecule has 5 atom stereocenters. The molecule has 0 aromatic heterocycles. The highest BCUT2D eigenvalue weighted by Gasteiger charge is 2.41. The van der Waals surface area contributed by atoms with Crippen molar-refractivity contribution < 1.29 is 47.0 Å². The summed E-state index contributed by atoms with van der Waals surface area (Å²) in [4.78, 5) is 49.9. The van der Waals surface area contributed by atoms with E-state index in [2.05, 4.69) is 5.09 Å². The van der Waals surface area contributed by atoms with E-state index in [0.29, 0.717) is 6.42 Å². The molecule has 2 aliphatic heterocycles. The van der Waals surface area contributed by atoms with Crippen LogP contribution in [0.3, 0.4) is 0 Å². The van der Waals surface area contributed by atoms with Crippen LogP contribution < -0.4 is 9.61 Å². The number of esters is 2. The van der Waals surface area contributed by atoms with Crippen molar-refractivity contribution in [2.45, 2.75) is 51.7 Å². The molecule has 4 rings (SSSR count). The first-order valence-electron chi connectivity index (χ1n) is 13.4. The number of nitrogens with one attached hydrogen (secondary N) is 1. The number of hydrogen-bond donors (Lipinski definition) is 1. The third-order valence-electron chi connectivity index (χ3n) is 6.54. The van der Waals surface area contributed by atoms with E-state index in [1.54, 1.807) is 42.5 Å². The predicted octanol–water partition coefficient (Wildman–Crippen LogP) is 3.52. The van der Waals surface area contributed by atoms with E-state index in [4.69, 9.17) is 23.3 Å². The van der Waals surface area contributed by atoms with Gasteiger partial charge in [-0.15, -0.1) is 0 Å². The van der Waals surface area contributed by atoms with Crippen molar-refractivity contribution in [3.63, 3.8) is 0 Å². The van der Waals surface area contributed by atoms with Crippen molar-refractivity contribution in [1.82, 2.24) is 9.99 Å². The molecule has 0 bridgehead atoms. The monoisotopic (exact) mass is 600 g/mol. The fourth-order valence-corrected chi connectivity index (χ4v) is 5.75. The maximum atomic E-state index is 13.8. The molecule has 12 nitrogen and oxygen atoms in total. The molecule has 42 heavy (non-hydrogen) atoms. The Morgan fingerprint density at radius 1 is 1.07 bits per heavy atom. The number of allylic oxidation sites excluding steroid dienone is 1. The van der Waals surface area contributed by atoms with Crippen LogP contribution in [0.5, 0.6) is 5.75 Å². The van der Waals surface area contributed by atoms with Gasteiger partial charge in [-0.2, -0.15) is 5.09 Å². The lowest BCUT2D eigenvalue weighted by Gasteiger charge is -2.28. The second-order valence-electron chi connectivity index (χ2n) is 9.90. The van der Waals surface area contributed by atoms with E-state index in [9.17, 15) is 23.7 Å². The zero-order valence-electron chi connectivity index (χ0n) is 23.3. The van der Waals surface area contributed by atoms with Gasteiger partial charge < -0.3 is 18.7 Å². The van der Waals surface area contributed by atoms with Gasteiger partial charge in [0.1, 0.15) is 24.6 Å². The van der Waals surface area contributed by atoms with Gasteiger partial charge in [-0.3, -0.25) is 23.8 Å². The molecule has 2 aliphatic rings. The van der Waals surface area contributed by atoms with Gasteiger partial charge in [0.15, 0.2) is 12.4 Å². The number of benzene rings is 2. The first-order valence-corrected chi connectivity index (χ1v) is 15.0. The van der Waals surface area contributed by atoms with E-state index in [-0.39, 0.29) is 43.0 Å². The zero-order chi connectivity index (χ0) is 30.1. The molecule has 224 valence electrons. The Balaban J connectivity index is 1.33. The Bertz CT molecular complexity index is 1340. The van der Waals surface area contributed by atoms with E-state index in [0.717, 1.165) is 5.56 Å². The third kappa shape index (κ3) is 8.83. The lowest BCUT2D eigenvalue weighted by molar-refractivity contribution is -0.160. The molecule has 0 aliphatic carbocycles. The summed E-state index contributed by atoms with van der Waals surface area (Å²) in [5.41, 5.74) is 0.782. The van der Waals surface area contributed by atoms with Crippen LogP contribution in [0.15, 0.2) is 72.9 Å². The molecule has 2 aromatic carbocycles. The molecule has 2 aromatic rings. The molecular weight excluding hydrogens is 567 g/mol. The Kier molecular flexibility index (Phi) is 10.6. The maximum absolute atomic E-state index is 13.8. The molecule has 1 saturated heterocycles. The van der Waals surface area contributed by atoms with Crippen LogP contribution in [0, 0.1) is 5.92 Å². The molecule has 2 heterocycles. The van der Waals surface area contributed by atoms with Crippen molar-refractivity contribution in [3.05, 3.63) is 78.5 Å². The number of para-hydroxylation sites is 1. The molecule has 1 unspecified atom stereocenters. The average molecular weight is 601 g/mol. The van der Waals surface area contributed by atoms with Gasteiger partial charge in [-0.25, -0.2) is 9.36 Å². The fraction of sp³-hybridized carbons (Fsp3) is 0.379. The van der Waals surface area contributed by atoms with Gasteiger partial charge in [0, 0.05) is 6.20 Å². The molecule has 0 saturated carbocycles. The van der Waals surface area contributed by atoms with Gasteiger partial charge in [-0.05, 0) is 43.0 Å². The largest absolute Gasteiger partial charge is 0.459 e. The van der Waals surface area contributed by atoms with Gasteiger partial charge in [0.25, 0.3) is 0 Å². The first-order chi connectivity index (χ1) is 20.1. The van der Waals surface area contributed by atoms with Gasteiger partial charge in [0.2, 0.25) is 5.91 Å². The molecule has 13 heteroatoms. The van der Waals surface area contributed by atoms with Gasteiger partial charge >= 0.3 is 19.7 Å². The molecule has 1 N–H and O–H groups in total. The number of hydrogen-bond acceptors (Lipinski definition) is 10. The van der Waals surface area contributed by atoms with E-state index >= 15 is 0 Å². The number of carbonyl (C=O) groups excluding carboxylic acids is 4. The lowest BCUT2D eigenvalue weighted by Crippen LogP contribution is -2.39. The average Bonchev–Trinajstić information content (AvgIpc) is 3.34. The van der Waals surface area contributed by atoms with Crippen molar-refractivity contribution in [3.8, 4) is 5.75 Å². The second-order valence-corrected chi connectivity index (χ2v) is 11.6. The summed E-state index contributed by atoms with van der Waals surface area (Å²) >= 11 is 0. The van der Waals surface area contributed by atoms with Crippen molar-refractivity contribution in [2.24, 2.45) is 5.92 Å². The maximum Gasteiger partial charge on any atom is 0.459 e. The second kappa shape index (κ2) is 14.4. The minimum atomic E-state index is -4.19. The van der Waals surface area contributed by atoms with E-state index < -0.39 is 44.7 Å². The number of ether oxygens (including phenoxy) is 3. The fourth-order valence-electron chi connectivity index (χ4n) is 4.25. The molecule has 1 amide bonds. The highest BCUT2D eigenvalue weighted by Crippen LogP contribution is 2.46. The summed E-state index contributed by atoms with van der Waals surface area (Å²) in [7, 11) is -4.19. The highest BCUT2D eigenvalue weighted by atomic mass is 31.2. The summed E-state index contributed by atoms with van der Waals surface area (Å²) in [5.74, 6) is -2.12. The standard InChI is InChI=1S/C29H33N2O10P/c1-20-15-27(31-14-13-23(32)16-26(31)33)40-25(20)18-39-42(36,41-24-11-7-4-8-12-24)30-21(2)29(35)38-19-28(34)37-17-22-9-5-3-6-10-22/h3-14,20-21,25,27H,15-19H2,1-2H3,(H,30,36)/t20-,21-,25+,27+,42?/m0/s1. The van der Waals surface area contributed by atoms with Crippen LogP contribution >= 0.6 is 7.75 Å². The molecule has 0 spiro atoms. The molecule has 0 radical (unpaired) electrons. The minimum absolute atomic E-state index is 0.0296. The summed E-state index contributed by atoms with van der Waals surface area (Å²) in [6.07, 6.45) is 1.81. The lowest BCUT2D eigenvalue weighted by atomic mass is 10.0. The first kappa shape index (κ1) is 31.1. The van der Waals surface area contributed by atoms with E-state index in [1.165, 1.54) is 24.1 Å². The van der Waals surface area contributed by atoms with Crippen molar-refractivity contribution >= 4 is 31.4 Å². The van der Waals surface area contributed by atoms with Crippen molar-refractivity contribution in [2.75, 3.05) is 13.2 Å². The van der Waals surface area contributed by atoms with Crippen LogP contribution in [0.2, 0.25) is 0 Å². The van der Waals surface area contributed by atoms with Crippen LogP contribution in [-0.4, -0.2) is 60.1 Å². The smallest absolute Gasteiger partial charge is 0.458 e. The van der Waals surface area contributed by atoms with Gasteiger partial charge in [0.05, 0.1) is 19.1 Å². The zero-order valence-corrected chi connectivity index (χ0v) is 24.1. The predicted molar refractivity (Wildman–Crippen MR) is 148 cm³/mol. The number of rotatable bonds is 13. The topological polar surface area (TPSA) is 147 Å². The van der Waals surface area contributed by atoms with Crippen LogP contribution in [0.4, 0.5) is 0 Å². The summed E-state index contributed by atoms with van der Waals surface area (Å²) < 4.78 is 41.3. The molecule has 1 fully saturated rings. The summed E-state index contributed by atoms with van der Waals surface area (Å²) in [6, 6.07) is 16.1. The third-order valence-corrected chi connectivity index (χ3v) is 8.19. The van der Waals surface area contributed by atoms with Crippen LogP contribution in [-0.2, 0) is 49.1 Å².